The van der Waals surface area contributed by atoms with E-state index < -0.39 is 16.3 Å². The minimum Gasteiger partial charge on any atom is -0.282 e. The molecule has 1 aromatic rings. The fourth-order valence-corrected chi connectivity index (χ4v) is 1.96. The molecule has 0 saturated carbocycles. The van der Waals surface area contributed by atoms with Crippen LogP contribution in [0.25, 0.3) is 0 Å². The Kier molecular flexibility index (Phi) is 3.23. The number of benzene rings is 1. The summed E-state index contributed by atoms with van der Waals surface area (Å²) in [6.45, 7) is 1.33. The Labute approximate surface area is 82.3 Å². The lowest BCUT2D eigenvalue weighted by molar-refractivity contribution is 0.358. The number of rotatable bonds is 3. The van der Waals surface area contributed by atoms with Crippen LogP contribution in [0.3, 0.4) is 0 Å². The first kappa shape index (κ1) is 11.1. The molecule has 78 valence electrons. The third-order valence-electron chi connectivity index (χ3n) is 1.75. The van der Waals surface area contributed by atoms with Gasteiger partial charge in [0.25, 0.3) is 10.1 Å². The Balaban J connectivity index is 3.17. The van der Waals surface area contributed by atoms with Crippen molar-refractivity contribution in [2.45, 2.75) is 24.4 Å². The van der Waals surface area contributed by atoms with Gasteiger partial charge in [-0.1, -0.05) is 18.2 Å². The van der Waals surface area contributed by atoms with Gasteiger partial charge in [0.1, 0.15) is 6.17 Å². The Morgan fingerprint density at radius 3 is 2.50 bits per heavy atom. The molecule has 0 amide bonds. The standard InChI is InChI=1S/C9H11FO3S/c1-7(10)6-8-4-2-3-5-9(8)14(11,12)13/h2-5,7H,6H2,1H3,(H,11,12,13). The van der Waals surface area contributed by atoms with Crippen LogP contribution < -0.4 is 0 Å². The normalized spacial score (nSPS) is 13.9. The van der Waals surface area contributed by atoms with Gasteiger partial charge in [-0.2, -0.15) is 8.42 Å². The highest BCUT2D eigenvalue weighted by Crippen LogP contribution is 2.17. The van der Waals surface area contributed by atoms with Gasteiger partial charge in [0.15, 0.2) is 0 Å². The minimum absolute atomic E-state index is 0.0179. The maximum Gasteiger partial charge on any atom is 0.294 e. The number of hydrogen-bond acceptors (Lipinski definition) is 2. The zero-order chi connectivity index (χ0) is 10.8. The molecule has 0 spiro atoms. The van der Waals surface area contributed by atoms with E-state index >= 15 is 0 Å². The molecule has 1 unspecified atom stereocenters. The first-order chi connectivity index (χ1) is 6.41. The third-order valence-corrected chi connectivity index (χ3v) is 2.71. The molecular weight excluding hydrogens is 207 g/mol. The topological polar surface area (TPSA) is 54.4 Å². The van der Waals surface area contributed by atoms with Gasteiger partial charge in [0, 0.05) is 6.42 Å². The lowest BCUT2D eigenvalue weighted by atomic mass is 10.1. The summed E-state index contributed by atoms with van der Waals surface area (Å²) in [5.74, 6) is 0. The van der Waals surface area contributed by atoms with Gasteiger partial charge < -0.3 is 0 Å². The maximum atomic E-state index is 12.7. The van der Waals surface area contributed by atoms with Crippen LogP contribution in [-0.4, -0.2) is 19.1 Å². The van der Waals surface area contributed by atoms with Gasteiger partial charge in [0.05, 0.1) is 4.90 Å². The first-order valence-corrected chi connectivity index (χ1v) is 5.54. The average molecular weight is 218 g/mol. The number of hydrogen-bond donors (Lipinski definition) is 1. The molecule has 0 saturated heterocycles. The highest BCUT2D eigenvalue weighted by Gasteiger charge is 2.15. The highest BCUT2D eigenvalue weighted by atomic mass is 32.2. The minimum atomic E-state index is -4.25. The maximum absolute atomic E-state index is 12.7. The molecule has 1 atom stereocenters. The number of alkyl halides is 1. The van der Waals surface area contributed by atoms with E-state index in [1.54, 1.807) is 6.07 Å². The van der Waals surface area contributed by atoms with Crippen molar-refractivity contribution in [2.24, 2.45) is 0 Å². The predicted molar refractivity (Wildman–Crippen MR) is 50.5 cm³/mol. The Morgan fingerprint density at radius 2 is 2.00 bits per heavy atom. The smallest absolute Gasteiger partial charge is 0.282 e. The molecule has 1 N–H and O–H groups in total. The summed E-state index contributed by atoms with van der Waals surface area (Å²) in [6.07, 6.45) is -1.16. The van der Waals surface area contributed by atoms with E-state index in [2.05, 4.69) is 0 Å². The summed E-state index contributed by atoms with van der Waals surface area (Å²) in [6, 6.07) is 5.83. The molecule has 0 aliphatic rings. The SMILES string of the molecule is CC(F)Cc1ccccc1S(=O)(=O)O. The van der Waals surface area contributed by atoms with Gasteiger partial charge in [-0.15, -0.1) is 0 Å². The molecule has 0 heterocycles. The molecule has 1 rings (SSSR count). The third kappa shape index (κ3) is 2.78. The fraction of sp³-hybridized carbons (Fsp3) is 0.333. The van der Waals surface area contributed by atoms with E-state index in [4.69, 9.17) is 4.55 Å². The predicted octanol–water partition coefficient (Wildman–Crippen LogP) is 1.83. The second-order valence-electron chi connectivity index (χ2n) is 3.07. The van der Waals surface area contributed by atoms with Crippen LogP contribution in [0, 0.1) is 0 Å². The Bertz CT molecular complexity index is 412. The molecule has 3 nitrogen and oxygen atoms in total. The Morgan fingerprint density at radius 1 is 1.43 bits per heavy atom. The van der Waals surface area contributed by atoms with Gasteiger partial charge >= 0.3 is 0 Å². The molecule has 0 aliphatic heterocycles. The van der Waals surface area contributed by atoms with Crippen molar-refractivity contribution in [2.75, 3.05) is 0 Å². The average Bonchev–Trinajstić information content (AvgIpc) is 2.01. The molecular formula is C9H11FO3S. The summed E-state index contributed by atoms with van der Waals surface area (Å²) in [7, 11) is -4.25. The second kappa shape index (κ2) is 4.06. The van der Waals surface area contributed by atoms with Crippen molar-refractivity contribution in [3.8, 4) is 0 Å². The van der Waals surface area contributed by atoms with Crippen LogP contribution in [0.1, 0.15) is 12.5 Å². The zero-order valence-corrected chi connectivity index (χ0v) is 8.46. The van der Waals surface area contributed by atoms with E-state index in [9.17, 15) is 12.8 Å². The summed E-state index contributed by atoms with van der Waals surface area (Å²) >= 11 is 0. The summed E-state index contributed by atoms with van der Waals surface area (Å²) in [5, 5.41) is 0. The quantitative estimate of drug-likeness (QED) is 0.787. The lowest BCUT2D eigenvalue weighted by Gasteiger charge is -2.06. The van der Waals surface area contributed by atoms with Crippen molar-refractivity contribution in [3.63, 3.8) is 0 Å². The summed E-state index contributed by atoms with van der Waals surface area (Å²) < 4.78 is 43.2. The molecule has 0 bridgehead atoms. The molecule has 14 heavy (non-hydrogen) atoms. The van der Waals surface area contributed by atoms with Crippen molar-refractivity contribution in [1.29, 1.82) is 0 Å². The van der Waals surface area contributed by atoms with Crippen molar-refractivity contribution in [1.82, 2.24) is 0 Å². The van der Waals surface area contributed by atoms with Crippen molar-refractivity contribution in [3.05, 3.63) is 29.8 Å². The molecule has 0 aliphatic carbocycles. The lowest BCUT2D eigenvalue weighted by Crippen LogP contribution is -2.06. The van der Waals surface area contributed by atoms with Gasteiger partial charge in [-0.3, -0.25) is 4.55 Å². The first-order valence-electron chi connectivity index (χ1n) is 4.10. The van der Waals surface area contributed by atoms with Crippen LogP contribution in [0.5, 0.6) is 0 Å². The van der Waals surface area contributed by atoms with Gasteiger partial charge in [-0.05, 0) is 18.6 Å². The zero-order valence-electron chi connectivity index (χ0n) is 7.64. The van der Waals surface area contributed by atoms with Crippen LogP contribution in [0.15, 0.2) is 29.2 Å². The second-order valence-corrected chi connectivity index (χ2v) is 4.46. The Hall–Kier alpha value is -0.940. The van der Waals surface area contributed by atoms with E-state index in [0.717, 1.165) is 0 Å². The van der Waals surface area contributed by atoms with Gasteiger partial charge in [-0.25, -0.2) is 4.39 Å². The monoisotopic (exact) mass is 218 g/mol. The van der Waals surface area contributed by atoms with Crippen LogP contribution in [-0.2, 0) is 16.5 Å². The van der Waals surface area contributed by atoms with Crippen LogP contribution in [0.4, 0.5) is 4.39 Å². The molecule has 0 fully saturated rings. The van der Waals surface area contributed by atoms with Crippen LogP contribution >= 0.6 is 0 Å². The molecule has 0 aromatic heterocycles. The van der Waals surface area contributed by atoms with E-state index in [-0.39, 0.29) is 11.3 Å². The summed E-state index contributed by atoms with van der Waals surface area (Å²) in [4.78, 5) is -0.218. The van der Waals surface area contributed by atoms with Gasteiger partial charge in [0.2, 0.25) is 0 Å². The molecule has 0 radical (unpaired) electrons. The fourth-order valence-electron chi connectivity index (χ4n) is 1.23. The van der Waals surface area contributed by atoms with E-state index in [1.165, 1.54) is 25.1 Å². The largest absolute Gasteiger partial charge is 0.294 e. The number of halogens is 1. The van der Waals surface area contributed by atoms with Crippen molar-refractivity contribution >= 4 is 10.1 Å². The molecule has 1 aromatic carbocycles. The van der Waals surface area contributed by atoms with E-state index in [0.29, 0.717) is 5.56 Å². The molecule has 5 heteroatoms. The summed E-state index contributed by atoms with van der Waals surface area (Å²) in [5.41, 5.74) is 0.296. The highest BCUT2D eigenvalue weighted by molar-refractivity contribution is 7.85. The van der Waals surface area contributed by atoms with E-state index in [1.807, 2.05) is 0 Å². The van der Waals surface area contributed by atoms with Crippen LogP contribution in [0.2, 0.25) is 0 Å². The van der Waals surface area contributed by atoms with Crippen molar-refractivity contribution < 1.29 is 17.4 Å².